The van der Waals surface area contributed by atoms with E-state index in [2.05, 4.69) is 0 Å². The molecule has 0 aliphatic carbocycles. The first-order chi connectivity index (χ1) is 7.18. The van der Waals surface area contributed by atoms with Crippen molar-refractivity contribution in [3.05, 3.63) is 0 Å². The maximum absolute atomic E-state index is 9.87. The molecule has 15 heavy (non-hydrogen) atoms. The Morgan fingerprint density at radius 2 is 1.87 bits per heavy atom. The van der Waals surface area contributed by atoms with Crippen molar-refractivity contribution in [1.29, 1.82) is 0 Å². The molecule has 0 radical (unpaired) electrons. The lowest BCUT2D eigenvalue weighted by Crippen LogP contribution is -2.37. The third kappa shape index (κ3) is 7.73. The highest BCUT2D eigenvalue weighted by atomic mass is 16.5. The van der Waals surface area contributed by atoms with E-state index in [0.717, 1.165) is 26.1 Å². The quantitative estimate of drug-likeness (QED) is 0.536. The monoisotopic (exact) mass is 219 g/mol. The summed E-state index contributed by atoms with van der Waals surface area (Å²) in [6.45, 7) is 4.42. The molecule has 0 fully saturated rings. The second-order valence-electron chi connectivity index (χ2n) is 3.84. The summed E-state index contributed by atoms with van der Waals surface area (Å²) < 4.78 is 10.3. The van der Waals surface area contributed by atoms with E-state index in [9.17, 15) is 5.11 Å². The van der Waals surface area contributed by atoms with Crippen LogP contribution in [0.3, 0.4) is 0 Å². The SMILES string of the molecule is CCC(O)(CN)CCCOCCCOC. The fraction of sp³-hybridized carbons (Fsp3) is 1.00. The Balaban J connectivity index is 3.29. The number of ether oxygens (including phenoxy) is 2. The van der Waals surface area contributed by atoms with E-state index in [1.807, 2.05) is 6.92 Å². The molecular weight excluding hydrogens is 194 g/mol. The summed E-state index contributed by atoms with van der Waals surface area (Å²) in [5.74, 6) is 0. The van der Waals surface area contributed by atoms with Gasteiger partial charge in [0, 0.05) is 33.5 Å². The van der Waals surface area contributed by atoms with Crippen LogP contribution in [-0.4, -0.2) is 44.2 Å². The topological polar surface area (TPSA) is 64.7 Å². The van der Waals surface area contributed by atoms with Crippen molar-refractivity contribution in [3.63, 3.8) is 0 Å². The zero-order valence-corrected chi connectivity index (χ0v) is 10.00. The molecule has 0 aromatic rings. The fourth-order valence-corrected chi connectivity index (χ4v) is 1.33. The van der Waals surface area contributed by atoms with Crippen LogP contribution in [0.25, 0.3) is 0 Å². The summed E-state index contributed by atoms with van der Waals surface area (Å²) in [4.78, 5) is 0. The minimum Gasteiger partial charge on any atom is -0.389 e. The zero-order valence-electron chi connectivity index (χ0n) is 10.00. The van der Waals surface area contributed by atoms with Crippen molar-refractivity contribution in [2.45, 2.75) is 38.2 Å². The van der Waals surface area contributed by atoms with Crippen LogP contribution in [0, 0.1) is 0 Å². The number of nitrogens with two attached hydrogens (primary N) is 1. The molecule has 0 amide bonds. The average molecular weight is 219 g/mol. The first kappa shape index (κ1) is 14.8. The first-order valence-corrected chi connectivity index (χ1v) is 5.67. The molecule has 92 valence electrons. The Bertz CT molecular complexity index is 138. The van der Waals surface area contributed by atoms with Gasteiger partial charge < -0.3 is 20.3 Å². The highest BCUT2D eigenvalue weighted by molar-refractivity contribution is 4.77. The Morgan fingerprint density at radius 3 is 2.40 bits per heavy atom. The molecule has 4 nitrogen and oxygen atoms in total. The van der Waals surface area contributed by atoms with Gasteiger partial charge in [-0.15, -0.1) is 0 Å². The van der Waals surface area contributed by atoms with E-state index in [4.69, 9.17) is 15.2 Å². The Kier molecular flexibility index (Phi) is 9.00. The molecular formula is C11H25NO3. The molecule has 0 aromatic heterocycles. The number of rotatable bonds is 10. The third-order valence-electron chi connectivity index (χ3n) is 2.61. The van der Waals surface area contributed by atoms with Crippen molar-refractivity contribution in [2.24, 2.45) is 5.73 Å². The predicted molar refractivity (Wildman–Crippen MR) is 60.8 cm³/mol. The number of aliphatic hydroxyl groups is 1. The molecule has 0 aliphatic rings. The smallest absolute Gasteiger partial charge is 0.0767 e. The van der Waals surface area contributed by atoms with Crippen LogP contribution in [0.2, 0.25) is 0 Å². The van der Waals surface area contributed by atoms with Crippen LogP contribution < -0.4 is 5.73 Å². The van der Waals surface area contributed by atoms with E-state index in [-0.39, 0.29) is 0 Å². The highest BCUT2D eigenvalue weighted by Crippen LogP contribution is 2.15. The summed E-state index contributed by atoms with van der Waals surface area (Å²) in [6.07, 6.45) is 3.19. The first-order valence-electron chi connectivity index (χ1n) is 5.67. The van der Waals surface area contributed by atoms with Gasteiger partial charge in [-0.2, -0.15) is 0 Å². The van der Waals surface area contributed by atoms with Crippen LogP contribution in [0.1, 0.15) is 32.6 Å². The van der Waals surface area contributed by atoms with Crippen molar-refractivity contribution in [2.75, 3.05) is 33.5 Å². The van der Waals surface area contributed by atoms with Crippen LogP contribution >= 0.6 is 0 Å². The second-order valence-corrected chi connectivity index (χ2v) is 3.84. The molecule has 0 spiro atoms. The minimum atomic E-state index is -0.699. The van der Waals surface area contributed by atoms with Gasteiger partial charge in [0.1, 0.15) is 0 Å². The molecule has 1 unspecified atom stereocenters. The summed E-state index contributed by atoms with van der Waals surface area (Å²) in [5.41, 5.74) is 4.79. The molecule has 0 bridgehead atoms. The predicted octanol–water partition coefficient (Wildman–Crippen LogP) is 0.919. The van der Waals surface area contributed by atoms with Crippen LogP contribution in [0.5, 0.6) is 0 Å². The number of methoxy groups -OCH3 is 1. The van der Waals surface area contributed by atoms with Gasteiger partial charge in [-0.1, -0.05) is 6.92 Å². The maximum Gasteiger partial charge on any atom is 0.0767 e. The van der Waals surface area contributed by atoms with Crippen LogP contribution in [0.15, 0.2) is 0 Å². The zero-order chi connectivity index (χ0) is 11.6. The van der Waals surface area contributed by atoms with Crippen molar-refractivity contribution < 1.29 is 14.6 Å². The van der Waals surface area contributed by atoms with Gasteiger partial charge in [-0.05, 0) is 25.7 Å². The Hall–Kier alpha value is -0.160. The van der Waals surface area contributed by atoms with Crippen LogP contribution in [-0.2, 0) is 9.47 Å². The van der Waals surface area contributed by atoms with Gasteiger partial charge in [-0.3, -0.25) is 0 Å². The van der Waals surface area contributed by atoms with Crippen molar-refractivity contribution >= 4 is 0 Å². The van der Waals surface area contributed by atoms with E-state index < -0.39 is 5.60 Å². The highest BCUT2D eigenvalue weighted by Gasteiger charge is 2.21. The van der Waals surface area contributed by atoms with Gasteiger partial charge in [0.15, 0.2) is 0 Å². The molecule has 0 saturated carbocycles. The molecule has 3 N–H and O–H groups in total. The Morgan fingerprint density at radius 1 is 1.20 bits per heavy atom. The lowest BCUT2D eigenvalue weighted by atomic mass is 9.95. The largest absolute Gasteiger partial charge is 0.389 e. The molecule has 0 saturated heterocycles. The van der Waals surface area contributed by atoms with Gasteiger partial charge >= 0.3 is 0 Å². The Labute approximate surface area is 92.7 Å². The fourth-order valence-electron chi connectivity index (χ4n) is 1.33. The number of hydrogen-bond donors (Lipinski definition) is 2. The third-order valence-corrected chi connectivity index (χ3v) is 2.61. The minimum absolute atomic E-state index is 0.327. The molecule has 0 heterocycles. The van der Waals surface area contributed by atoms with Crippen molar-refractivity contribution in [1.82, 2.24) is 0 Å². The van der Waals surface area contributed by atoms with E-state index >= 15 is 0 Å². The standard InChI is InChI=1S/C11H25NO3/c1-3-11(13,10-12)6-4-8-15-9-5-7-14-2/h13H,3-10,12H2,1-2H3. The molecule has 0 aromatic carbocycles. The lowest BCUT2D eigenvalue weighted by molar-refractivity contribution is 0.0220. The summed E-state index contributed by atoms with van der Waals surface area (Å²) in [7, 11) is 1.68. The second kappa shape index (κ2) is 9.09. The molecule has 4 heteroatoms. The van der Waals surface area contributed by atoms with E-state index in [0.29, 0.717) is 26.0 Å². The van der Waals surface area contributed by atoms with Gasteiger partial charge in [0.05, 0.1) is 5.60 Å². The lowest BCUT2D eigenvalue weighted by Gasteiger charge is -2.24. The average Bonchev–Trinajstić information content (AvgIpc) is 2.27. The summed E-state index contributed by atoms with van der Waals surface area (Å²) in [6, 6.07) is 0. The van der Waals surface area contributed by atoms with Gasteiger partial charge in [-0.25, -0.2) is 0 Å². The van der Waals surface area contributed by atoms with E-state index in [1.54, 1.807) is 7.11 Å². The molecule has 0 aliphatic heterocycles. The van der Waals surface area contributed by atoms with Crippen molar-refractivity contribution in [3.8, 4) is 0 Å². The van der Waals surface area contributed by atoms with Crippen LogP contribution in [0.4, 0.5) is 0 Å². The van der Waals surface area contributed by atoms with Gasteiger partial charge in [0.2, 0.25) is 0 Å². The molecule has 1 atom stereocenters. The van der Waals surface area contributed by atoms with Gasteiger partial charge in [0.25, 0.3) is 0 Å². The summed E-state index contributed by atoms with van der Waals surface area (Å²) in [5, 5.41) is 9.87. The maximum atomic E-state index is 9.87. The normalized spacial score (nSPS) is 15.2. The molecule has 0 rings (SSSR count). The number of hydrogen-bond acceptors (Lipinski definition) is 4. The van der Waals surface area contributed by atoms with E-state index in [1.165, 1.54) is 0 Å². The summed E-state index contributed by atoms with van der Waals surface area (Å²) >= 11 is 0.